The molecule has 3 nitrogen and oxygen atoms in total. The van der Waals surface area contributed by atoms with Crippen molar-refractivity contribution >= 4 is 21.6 Å². The molecule has 0 saturated carbocycles. The number of anilines is 1. The number of benzene rings is 2. The molecule has 0 saturated heterocycles. The Kier molecular flexibility index (Phi) is 5.12. The molecule has 1 atom stereocenters. The van der Waals surface area contributed by atoms with Crippen molar-refractivity contribution in [3.63, 3.8) is 0 Å². The van der Waals surface area contributed by atoms with E-state index in [9.17, 15) is 0 Å². The molecule has 0 amide bonds. The van der Waals surface area contributed by atoms with Crippen LogP contribution in [0.3, 0.4) is 0 Å². The zero-order valence-corrected chi connectivity index (χ0v) is 14.3. The number of halogens is 1. The third kappa shape index (κ3) is 3.70. The average molecular weight is 350 g/mol. The maximum atomic E-state index is 5.45. The first-order chi connectivity index (χ1) is 10.0. The highest BCUT2D eigenvalue weighted by Crippen LogP contribution is 2.33. The summed E-state index contributed by atoms with van der Waals surface area (Å²) in [6, 6.07) is 12.2. The molecule has 0 fully saturated rings. The fourth-order valence-electron chi connectivity index (χ4n) is 2.24. The number of hydrogen-bond donors (Lipinski definition) is 1. The van der Waals surface area contributed by atoms with Gasteiger partial charge in [-0.2, -0.15) is 0 Å². The first-order valence-corrected chi connectivity index (χ1v) is 7.59. The highest BCUT2D eigenvalue weighted by molar-refractivity contribution is 9.10. The number of aryl methyl sites for hydroxylation is 1. The molecule has 1 N–H and O–H groups in total. The lowest BCUT2D eigenvalue weighted by Crippen LogP contribution is -2.09. The molecular weight excluding hydrogens is 330 g/mol. The molecule has 2 rings (SSSR count). The normalized spacial score (nSPS) is 11.9. The van der Waals surface area contributed by atoms with Crippen molar-refractivity contribution in [1.82, 2.24) is 0 Å². The van der Waals surface area contributed by atoms with Gasteiger partial charge in [-0.25, -0.2) is 0 Å². The molecule has 1 unspecified atom stereocenters. The Morgan fingerprint density at radius 1 is 1.05 bits per heavy atom. The molecule has 0 spiro atoms. The lowest BCUT2D eigenvalue weighted by Gasteiger charge is -2.20. The maximum Gasteiger partial charge on any atom is 0.124 e. The van der Waals surface area contributed by atoms with Crippen LogP contribution < -0.4 is 14.8 Å². The van der Waals surface area contributed by atoms with Gasteiger partial charge in [0.05, 0.1) is 20.3 Å². The minimum Gasteiger partial charge on any atom is -0.497 e. The van der Waals surface area contributed by atoms with Crippen molar-refractivity contribution in [2.75, 3.05) is 19.5 Å². The van der Waals surface area contributed by atoms with Crippen molar-refractivity contribution in [3.05, 3.63) is 52.0 Å². The summed E-state index contributed by atoms with van der Waals surface area (Å²) in [4.78, 5) is 0. The van der Waals surface area contributed by atoms with Crippen molar-refractivity contribution in [1.29, 1.82) is 0 Å². The zero-order chi connectivity index (χ0) is 15.4. The van der Waals surface area contributed by atoms with Crippen molar-refractivity contribution < 1.29 is 9.47 Å². The topological polar surface area (TPSA) is 30.5 Å². The second-order valence-corrected chi connectivity index (χ2v) is 5.81. The van der Waals surface area contributed by atoms with E-state index < -0.39 is 0 Å². The van der Waals surface area contributed by atoms with Gasteiger partial charge in [0.1, 0.15) is 11.5 Å². The van der Waals surface area contributed by atoms with Crippen LogP contribution in [0.5, 0.6) is 11.5 Å². The molecule has 0 aliphatic rings. The van der Waals surface area contributed by atoms with Crippen molar-refractivity contribution in [3.8, 4) is 11.5 Å². The Labute approximate surface area is 134 Å². The summed E-state index contributed by atoms with van der Waals surface area (Å²) in [5.41, 5.74) is 3.34. The molecule has 0 radical (unpaired) electrons. The van der Waals surface area contributed by atoms with Gasteiger partial charge in [0.2, 0.25) is 0 Å². The van der Waals surface area contributed by atoms with Crippen LogP contribution in [-0.2, 0) is 0 Å². The highest BCUT2D eigenvalue weighted by atomic mass is 79.9. The van der Waals surface area contributed by atoms with Crippen LogP contribution in [0, 0.1) is 6.92 Å². The predicted octanol–water partition coefficient (Wildman–Crippen LogP) is 4.95. The average Bonchev–Trinajstić information content (AvgIpc) is 2.50. The molecule has 0 bridgehead atoms. The largest absolute Gasteiger partial charge is 0.497 e. The molecule has 4 heteroatoms. The second kappa shape index (κ2) is 6.85. The van der Waals surface area contributed by atoms with Gasteiger partial charge in [-0.15, -0.1) is 0 Å². The Balaban J connectivity index is 2.31. The van der Waals surface area contributed by atoms with Gasteiger partial charge in [0.15, 0.2) is 0 Å². The van der Waals surface area contributed by atoms with Gasteiger partial charge in [-0.05, 0) is 65.7 Å². The smallest absolute Gasteiger partial charge is 0.124 e. The number of ether oxygens (including phenoxy) is 2. The summed E-state index contributed by atoms with van der Waals surface area (Å²) >= 11 is 3.58. The van der Waals surface area contributed by atoms with Crippen LogP contribution in [0.4, 0.5) is 5.69 Å². The summed E-state index contributed by atoms with van der Waals surface area (Å²) in [6.07, 6.45) is 0. The third-order valence-electron chi connectivity index (χ3n) is 3.40. The van der Waals surface area contributed by atoms with Gasteiger partial charge in [-0.1, -0.05) is 6.07 Å². The fraction of sp³-hybridized carbons (Fsp3) is 0.294. The minimum absolute atomic E-state index is 0.0909. The van der Waals surface area contributed by atoms with E-state index in [1.165, 1.54) is 5.56 Å². The van der Waals surface area contributed by atoms with E-state index in [2.05, 4.69) is 47.2 Å². The SMILES string of the molecule is COc1ccc(OC)c(C(C)Nc2cc(C)ccc2Br)c1. The number of methoxy groups -OCH3 is 2. The van der Waals surface area contributed by atoms with Crippen LogP contribution in [0.1, 0.15) is 24.1 Å². The van der Waals surface area contributed by atoms with E-state index in [0.29, 0.717) is 0 Å². The summed E-state index contributed by atoms with van der Waals surface area (Å²) in [5, 5.41) is 3.51. The minimum atomic E-state index is 0.0909. The van der Waals surface area contributed by atoms with Crippen molar-refractivity contribution in [2.45, 2.75) is 19.9 Å². The van der Waals surface area contributed by atoms with Crippen molar-refractivity contribution in [2.24, 2.45) is 0 Å². The fourth-order valence-corrected chi connectivity index (χ4v) is 2.60. The predicted molar refractivity (Wildman–Crippen MR) is 90.5 cm³/mol. The van der Waals surface area contributed by atoms with Gasteiger partial charge >= 0.3 is 0 Å². The Hall–Kier alpha value is -1.68. The van der Waals surface area contributed by atoms with Gasteiger partial charge in [0.25, 0.3) is 0 Å². The van der Waals surface area contributed by atoms with E-state index in [1.54, 1.807) is 14.2 Å². The van der Waals surface area contributed by atoms with E-state index >= 15 is 0 Å². The molecule has 112 valence electrons. The first-order valence-electron chi connectivity index (χ1n) is 6.79. The number of rotatable bonds is 5. The molecule has 21 heavy (non-hydrogen) atoms. The Morgan fingerprint density at radius 3 is 2.48 bits per heavy atom. The molecule has 0 aliphatic carbocycles. The molecule has 2 aromatic rings. The van der Waals surface area contributed by atoms with E-state index in [-0.39, 0.29) is 6.04 Å². The zero-order valence-electron chi connectivity index (χ0n) is 12.7. The molecule has 2 aromatic carbocycles. The standard InChI is InChI=1S/C17H20BrNO2/c1-11-5-7-15(18)16(9-11)19-12(2)14-10-13(20-3)6-8-17(14)21-4/h5-10,12,19H,1-4H3. The highest BCUT2D eigenvalue weighted by Gasteiger charge is 2.14. The summed E-state index contributed by atoms with van der Waals surface area (Å²) in [5.74, 6) is 1.67. The van der Waals surface area contributed by atoms with Gasteiger partial charge in [0, 0.05) is 15.7 Å². The van der Waals surface area contributed by atoms with Crippen LogP contribution >= 0.6 is 15.9 Å². The maximum absolute atomic E-state index is 5.45. The quantitative estimate of drug-likeness (QED) is 0.828. The Bertz CT molecular complexity index is 628. The van der Waals surface area contributed by atoms with E-state index in [1.807, 2.05) is 24.3 Å². The molecule has 0 aromatic heterocycles. The third-order valence-corrected chi connectivity index (χ3v) is 4.09. The lowest BCUT2D eigenvalue weighted by molar-refractivity contribution is 0.397. The van der Waals surface area contributed by atoms with E-state index in [4.69, 9.17) is 9.47 Å². The summed E-state index contributed by atoms with van der Waals surface area (Å²) < 4.78 is 11.8. The Morgan fingerprint density at radius 2 is 1.81 bits per heavy atom. The number of hydrogen-bond acceptors (Lipinski definition) is 3. The van der Waals surface area contributed by atoms with Crippen LogP contribution in [0.15, 0.2) is 40.9 Å². The first kappa shape index (κ1) is 15.7. The molecule has 0 aliphatic heterocycles. The van der Waals surface area contributed by atoms with E-state index in [0.717, 1.165) is 27.2 Å². The summed E-state index contributed by atoms with van der Waals surface area (Å²) in [6.45, 7) is 4.18. The molecular formula is C17H20BrNO2. The molecule has 0 heterocycles. The van der Waals surface area contributed by atoms with Crippen LogP contribution in [-0.4, -0.2) is 14.2 Å². The lowest BCUT2D eigenvalue weighted by atomic mass is 10.1. The van der Waals surface area contributed by atoms with Crippen LogP contribution in [0.2, 0.25) is 0 Å². The second-order valence-electron chi connectivity index (χ2n) is 4.96. The van der Waals surface area contributed by atoms with Crippen LogP contribution in [0.25, 0.3) is 0 Å². The number of nitrogens with one attached hydrogen (secondary N) is 1. The van der Waals surface area contributed by atoms with Gasteiger partial charge < -0.3 is 14.8 Å². The monoisotopic (exact) mass is 349 g/mol. The van der Waals surface area contributed by atoms with Gasteiger partial charge in [-0.3, -0.25) is 0 Å². The summed E-state index contributed by atoms with van der Waals surface area (Å²) in [7, 11) is 3.35.